The topological polar surface area (TPSA) is 88.3 Å². The van der Waals surface area contributed by atoms with Crippen LogP contribution in [0.4, 0.5) is 11.4 Å². The minimum atomic E-state index is -0.336. The number of anilines is 2. The van der Waals surface area contributed by atoms with Gasteiger partial charge in [0.05, 0.1) is 27.4 Å². The molecule has 8 heteroatoms. The summed E-state index contributed by atoms with van der Waals surface area (Å²) in [5.41, 5.74) is 3.25. The molecule has 0 spiro atoms. The molecule has 2 aromatic heterocycles. The van der Waals surface area contributed by atoms with E-state index in [0.717, 1.165) is 17.8 Å². The molecular formula is C21H21ClN4O3. The zero-order valence-corrected chi connectivity index (χ0v) is 17.2. The average molecular weight is 413 g/mol. The number of benzene rings is 1. The van der Waals surface area contributed by atoms with Crippen molar-refractivity contribution in [3.8, 4) is 0 Å². The number of carbonyl (C=O) groups is 2. The van der Waals surface area contributed by atoms with Crippen molar-refractivity contribution in [3.05, 3.63) is 46.2 Å². The Kier molecular flexibility index (Phi) is 5.00. The lowest BCUT2D eigenvalue weighted by molar-refractivity contribution is -0.117. The van der Waals surface area contributed by atoms with E-state index in [9.17, 15) is 9.59 Å². The summed E-state index contributed by atoms with van der Waals surface area (Å²) in [6.45, 7) is 6.42. The predicted molar refractivity (Wildman–Crippen MR) is 112 cm³/mol. The molecule has 29 heavy (non-hydrogen) atoms. The van der Waals surface area contributed by atoms with Crippen LogP contribution >= 0.6 is 11.6 Å². The highest BCUT2D eigenvalue weighted by atomic mass is 35.5. The molecule has 2 amide bonds. The van der Waals surface area contributed by atoms with Gasteiger partial charge in [-0.2, -0.15) is 0 Å². The van der Waals surface area contributed by atoms with E-state index in [1.807, 2.05) is 13.8 Å². The molecule has 1 aromatic carbocycles. The van der Waals surface area contributed by atoms with Crippen molar-refractivity contribution in [2.45, 2.75) is 39.5 Å². The van der Waals surface area contributed by atoms with Crippen LogP contribution in [-0.2, 0) is 4.79 Å². The van der Waals surface area contributed by atoms with Crippen LogP contribution < -0.4 is 10.2 Å². The van der Waals surface area contributed by atoms with Gasteiger partial charge in [0.15, 0.2) is 0 Å². The third-order valence-corrected chi connectivity index (χ3v) is 5.39. The van der Waals surface area contributed by atoms with Crippen LogP contribution in [0.2, 0.25) is 5.02 Å². The summed E-state index contributed by atoms with van der Waals surface area (Å²) in [7, 11) is 0. The van der Waals surface area contributed by atoms with Gasteiger partial charge < -0.3 is 14.7 Å². The number of hydrogen-bond acceptors (Lipinski definition) is 5. The number of rotatable bonds is 4. The van der Waals surface area contributed by atoms with Gasteiger partial charge in [-0.05, 0) is 43.5 Å². The van der Waals surface area contributed by atoms with E-state index in [-0.39, 0.29) is 17.7 Å². The zero-order chi connectivity index (χ0) is 20.7. The van der Waals surface area contributed by atoms with Gasteiger partial charge in [0.25, 0.3) is 11.6 Å². The first-order chi connectivity index (χ1) is 13.8. The molecule has 0 radical (unpaired) electrons. The normalized spacial score (nSPS) is 14.2. The maximum atomic E-state index is 13.2. The standard InChI is InChI=1S/C21H21ClN4O3/c1-11(2)16-10-14(19-12(3)25-29-21(19)24-16)20(28)23-17-9-13(6-7-15(17)22)26-8-4-5-18(26)27/h6-7,9-11H,4-5,8H2,1-3H3,(H,23,28). The first-order valence-electron chi connectivity index (χ1n) is 9.53. The molecule has 0 aliphatic carbocycles. The van der Waals surface area contributed by atoms with E-state index < -0.39 is 0 Å². The van der Waals surface area contributed by atoms with Crippen molar-refractivity contribution in [2.24, 2.45) is 0 Å². The van der Waals surface area contributed by atoms with Crippen LogP contribution in [0.3, 0.4) is 0 Å². The van der Waals surface area contributed by atoms with E-state index in [0.29, 0.717) is 46.0 Å². The Bertz CT molecular complexity index is 1120. The smallest absolute Gasteiger partial charge is 0.259 e. The largest absolute Gasteiger partial charge is 0.336 e. The third kappa shape index (κ3) is 3.58. The highest BCUT2D eigenvalue weighted by molar-refractivity contribution is 6.34. The second kappa shape index (κ2) is 7.48. The molecule has 150 valence electrons. The van der Waals surface area contributed by atoms with Crippen molar-refractivity contribution < 1.29 is 14.1 Å². The van der Waals surface area contributed by atoms with Gasteiger partial charge in [-0.3, -0.25) is 9.59 Å². The fourth-order valence-corrected chi connectivity index (χ4v) is 3.64. The Hall–Kier alpha value is -2.93. The summed E-state index contributed by atoms with van der Waals surface area (Å²) in [5, 5.41) is 7.80. The number of nitrogens with one attached hydrogen (secondary N) is 1. The minimum absolute atomic E-state index is 0.0714. The number of carbonyl (C=O) groups excluding carboxylic acids is 2. The molecule has 7 nitrogen and oxygen atoms in total. The van der Waals surface area contributed by atoms with E-state index in [1.54, 1.807) is 36.1 Å². The monoisotopic (exact) mass is 412 g/mol. The van der Waals surface area contributed by atoms with Crippen LogP contribution in [0.5, 0.6) is 0 Å². The van der Waals surface area contributed by atoms with E-state index >= 15 is 0 Å². The Morgan fingerprint density at radius 3 is 2.79 bits per heavy atom. The molecular weight excluding hydrogens is 392 g/mol. The Morgan fingerprint density at radius 2 is 2.10 bits per heavy atom. The summed E-state index contributed by atoms with van der Waals surface area (Å²) in [6, 6.07) is 6.96. The van der Waals surface area contributed by atoms with Crippen molar-refractivity contribution in [1.82, 2.24) is 10.1 Å². The third-order valence-electron chi connectivity index (χ3n) is 5.06. The first-order valence-corrected chi connectivity index (χ1v) is 9.91. The highest BCUT2D eigenvalue weighted by Crippen LogP contribution is 2.31. The second-order valence-corrected chi connectivity index (χ2v) is 7.87. The van der Waals surface area contributed by atoms with Crippen molar-refractivity contribution >= 4 is 45.9 Å². The molecule has 4 rings (SSSR count). The number of aromatic nitrogens is 2. The highest BCUT2D eigenvalue weighted by Gasteiger charge is 2.24. The fourth-order valence-electron chi connectivity index (χ4n) is 3.48. The fraction of sp³-hybridized carbons (Fsp3) is 0.333. The quantitative estimate of drug-likeness (QED) is 0.671. The lowest BCUT2D eigenvalue weighted by Gasteiger charge is -2.18. The number of halogens is 1. The maximum Gasteiger partial charge on any atom is 0.259 e. The molecule has 1 N–H and O–H groups in total. The Morgan fingerprint density at radius 1 is 1.31 bits per heavy atom. The Labute approximate surface area is 173 Å². The van der Waals surface area contributed by atoms with Gasteiger partial charge >= 0.3 is 0 Å². The summed E-state index contributed by atoms with van der Waals surface area (Å²) in [6.07, 6.45) is 1.35. The van der Waals surface area contributed by atoms with Crippen LogP contribution in [0.1, 0.15) is 54.4 Å². The number of aryl methyl sites for hydroxylation is 1. The molecule has 3 heterocycles. The van der Waals surface area contributed by atoms with Crippen molar-refractivity contribution in [2.75, 3.05) is 16.8 Å². The summed E-state index contributed by atoms with van der Waals surface area (Å²) in [4.78, 5) is 31.4. The van der Waals surface area contributed by atoms with E-state index in [4.69, 9.17) is 16.1 Å². The van der Waals surface area contributed by atoms with Crippen molar-refractivity contribution in [1.29, 1.82) is 0 Å². The number of pyridine rings is 1. The number of hydrogen-bond donors (Lipinski definition) is 1. The Balaban J connectivity index is 1.71. The number of amides is 2. The van der Waals surface area contributed by atoms with E-state index in [2.05, 4.69) is 15.5 Å². The van der Waals surface area contributed by atoms with Crippen molar-refractivity contribution in [3.63, 3.8) is 0 Å². The number of fused-ring (bicyclic) bond motifs is 1. The van der Waals surface area contributed by atoms with Gasteiger partial charge in [-0.1, -0.05) is 30.6 Å². The molecule has 1 saturated heterocycles. The van der Waals surface area contributed by atoms with E-state index in [1.165, 1.54) is 0 Å². The maximum absolute atomic E-state index is 13.2. The predicted octanol–water partition coefficient (Wildman–Crippen LogP) is 4.69. The molecule has 1 aliphatic rings. The van der Waals surface area contributed by atoms with Gasteiger partial charge in [0.2, 0.25) is 5.91 Å². The summed E-state index contributed by atoms with van der Waals surface area (Å²) in [5.74, 6) is -0.149. The van der Waals surface area contributed by atoms with Crippen LogP contribution in [0.15, 0.2) is 28.8 Å². The zero-order valence-electron chi connectivity index (χ0n) is 16.5. The molecule has 0 atom stereocenters. The second-order valence-electron chi connectivity index (χ2n) is 7.46. The molecule has 1 fully saturated rings. The molecule has 0 saturated carbocycles. The lowest BCUT2D eigenvalue weighted by Crippen LogP contribution is -2.24. The molecule has 0 bridgehead atoms. The molecule has 1 aliphatic heterocycles. The minimum Gasteiger partial charge on any atom is -0.336 e. The van der Waals surface area contributed by atoms with Gasteiger partial charge in [-0.15, -0.1) is 0 Å². The molecule has 0 unspecified atom stereocenters. The summed E-state index contributed by atoms with van der Waals surface area (Å²) < 4.78 is 5.29. The van der Waals surface area contributed by atoms with Gasteiger partial charge in [0.1, 0.15) is 0 Å². The van der Waals surface area contributed by atoms with Crippen LogP contribution in [0.25, 0.3) is 11.1 Å². The summed E-state index contributed by atoms with van der Waals surface area (Å²) >= 11 is 6.32. The van der Waals surface area contributed by atoms with Gasteiger partial charge in [0, 0.05) is 24.3 Å². The average Bonchev–Trinajstić information content (AvgIpc) is 3.28. The molecule has 3 aromatic rings. The van der Waals surface area contributed by atoms with Crippen LogP contribution in [-0.4, -0.2) is 28.5 Å². The van der Waals surface area contributed by atoms with Crippen LogP contribution in [0, 0.1) is 6.92 Å². The SMILES string of the molecule is Cc1noc2nc(C(C)C)cc(C(=O)Nc3cc(N4CCCC4=O)ccc3Cl)c12. The first kappa shape index (κ1) is 19.4. The van der Waals surface area contributed by atoms with Gasteiger partial charge in [-0.25, -0.2) is 4.98 Å². The lowest BCUT2D eigenvalue weighted by atomic mass is 10.0. The number of nitrogens with zero attached hydrogens (tertiary/aromatic N) is 3.